The molecular formula is C18H34N6O. The summed E-state index contributed by atoms with van der Waals surface area (Å²) in [5, 5.41) is 11.5. The second kappa shape index (κ2) is 9.17. The standard InChI is InChI=1S/C18H34N6O/c1-18(2,3)10-6-7-11-20-17(19-4)21-14-8-9-16-22-15(13-25-5)23-24(16)12-14/h14H,6-13H2,1-5H3,(H2,19,20,21). The van der Waals surface area contributed by atoms with Crippen molar-refractivity contribution in [2.45, 2.75) is 72.1 Å². The van der Waals surface area contributed by atoms with Crippen LogP contribution in [0.3, 0.4) is 0 Å². The van der Waals surface area contributed by atoms with E-state index in [1.165, 1.54) is 12.8 Å². The molecule has 0 spiro atoms. The lowest BCUT2D eigenvalue weighted by Crippen LogP contribution is -2.47. The molecule has 25 heavy (non-hydrogen) atoms. The Morgan fingerprint density at radius 2 is 2.16 bits per heavy atom. The maximum Gasteiger partial charge on any atom is 0.191 e. The molecule has 0 saturated carbocycles. The molecule has 2 heterocycles. The van der Waals surface area contributed by atoms with Gasteiger partial charge in [-0.05, 0) is 24.7 Å². The summed E-state index contributed by atoms with van der Waals surface area (Å²) in [6.45, 7) is 9.11. The summed E-state index contributed by atoms with van der Waals surface area (Å²) in [7, 11) is 3.49. The van der Waals surface area contributed by atoms with Gasteiger partial charge >= 0.3 is 0 Å². The topological polar surface area (TPSA) is 76.4 Å². The molecule has 1 aliphatic heterocycles. The van der Waals surface area contributed by atoms with E-state index >= 15 is 0 Å². The third-order valence-corrected chi connectivity index (χ3v) is 4.39. The van der Waals surface area contributed by atoms with Crippen LogP contribution < -0.4 is 10.6 Å². The van der Waals surface area contributed by atoms with Crippen LogP contribution in [0.5, 0.6) is 0 Å². The quantitative estimate of drug-likeness (QED) is 0.447. The zero-order chi connectivity index (χ0) is 18.3. The number of aromatic nitrogens is 3. The van der Waals surface area contributed by atoms with Gasteiger partial charge in [-0.2, -0.15) is 5.10 Å². The van der Waals surface area contributed by atoms with Crippen molar-refractivity contribution in [3.63, 3.8) is 0 Å². The predicted octanol–water partition coefficient (Wildman–Crippen LogP) is 2.12. The van der Waals surface area contributed by atoms with Crippen molar-refractivity contribution in [2.24, 2.45) is 10.4 Å². The molecule has 0 fully saturated rings. The highest BCUT2D eigenvalue weighted by molar-refractivity contribution is 5.79. The van der Waals surface area contributed by atoms with Crippen molar-refractivity contribution in [1.82, 2.24) is 25.4 Å². The SMILES string of the molecule is CN=C(NCCCCC(C)(C)C)NC1CCc2nc(COC)nn2C1. The van der Waals surface area contributed by atoms with Gasteiger partial charge < -0.3 is 15.4 Å². The summed E-state index contributed by atoms with van der Waals surface area (Å²) in [6.07, 6.45) is 5.62. The average Bonchev–Trinajstić information content (AvgIpc) is 2.94. The van der Waals surface area contributed by atoms with Crippen LogP contribution in [0.15, 0.2) is 4.99 Å². The predicted molar refractivity (Wildman–Crippen MR) is 101 cm³/mol. The molecule has 142 valence electrons. The Hall–Kier alpha value is -1.63. The molecule has 7 nitrogen and oxygen atoms in total. The highest BCUT2D eigenvalue weighted by Gasteiger charge is 2.22. The van der Waals surface area contributed by atoms with Gasteiger partial charge in [-0.1, -0.05) is 27.2 Å². The summed E-state index contributed by atoms with van der Waals surface area (Å²) in [5.74, 6) is 2.69. The van der Waals surface area contributed by atoms with Gasteiger partial charge in [0.15, 0.2) is 11.8 Å². The van der Waals surface area contributed by atoms with Gasteiger partial charge in [-0.3, -0.25) is 4.99 Å². The molecule has 1 aromatic heterocycles. The van der Waals surface area contributed by atoms with E-state index in [-0.39, 0.29) is 0 Å². The van der Waals surface area contributed by atoms with Crippen molar-refractivity contribution in [3.8, 4) is 0 Å². The molecule has 2 N–H and O–H groups in total. The third kappa shape index (κ3) is 6.65. The zero-order valence-corrected chi connectivity index (χ0v) is 16.4. The van der Waals surface area contributed by atoms with Crippen LogP contribution in [0.1, 0.15) is 58.1 Å². The Morgan fingerprint density at radius 3 is 2.84 bits per heavy atom. The first-order chi connectivity index (χ1) is 11.9. The molecule has 1 atom stereocenters. The fraction of sp³-hybridized carbons (Fsp3) is 0.833. The van der Waals surface area contributed by atoms with Crippen molar-refractivity contribution in [1.29, 1.82) is 0 Å². The first-order valence-electron chi connectivity index (χ1n) is 9.30. The van der Waals surface area contributed by atoms with Gasteiger partial charge in [0.1, 0.15) is 12.4 Å². The second-order valence-corrected chi connectivity index (χ2v) is 7.96. The van der Waals surface area contributed by atoms with Crippen LogP contribution in [0.2, 0.25) is 0 Å². The first-order valence-corrected chi connectivity index (χ1v) is 9.30. The van der Waals surface area contributed by atoms with Gasteiger partial charge in [0, 0.05) is 33.2 Å². The molecular weight excluding hydrogens is 316 g/mol. The Balaban J connectivity index is 1.74. The third-order valence-electron chi connectivity index (χ3n) is 4.39. The number of hydrogen-bond donors (Lipinski definition) is 2. The largest absolute Gasteiger partial charge is 0.377 e. The van der Waals surface area contributed by atoms with E-state index in [1.807, 2.05) is 11.7 Å². The summed E-state index contributed by atoms with van der Waals surface area (Å²) in [4.78, 5) is 8.87. The van der Waals surface area contributed by atoms with E-state index in [9.17, 15) is 0 Å². The highest BCUT2D eigenvalue weighted by atomic mass is 16.5. The van der Waals surface area contributed by atoms with E-state index in [2.05, 4.69) is 46.5 Å². The number of nitrogens with one attached hydrogen (secondary N) is 2. The summed E-state index contributed by atoms with van der Waals surface area (Å²) < 4.78 is 7.11. The number of aliphatic imine (C=N–C) groups is 1. The minimum atomic E-state index is 0.324. The fourth-order valence-corrected chi connectivity index (χ4v) is 3.04. The Bertz CT molecular complexity index is 560. The lowest BCUT2D eigenvalue weighted by Gasteiger charge is -2.25. The van der Waals surface area contributed by atoms with E-state index in [0.29, 0.717) is 18.1 Å². The Kier molecular flexibility index (Phi) is 7.23. The monoisotopic (exact) mass is 350 g/mol. The highest BCUT2D eigenvalue weighted by Crippen LogP contribution is 2.21. The van der Waals surface area contributed by atoms with Crippen LogP contribution in [-0.4, -0.2) is 47.5 Å². The maximum atomic E-state index is 5.12. The average molecular weight is 351 g/mol. The van der Waals surface area contributed by atoms with Crippen molar-refractivity contribution in [3.05, 3.63) is 11.6 Å². The second-order valence-electron chi connectivity index (χ2n) is 7.96. The first kappa shape index (κ1) is 19.7. The number of methoxy groups -OCH3 is 1. The van der Waals surface area contributed by atoms with Gasteiger partial charge in [-0.25, -0.2) is 9.67 Å². The lowest BCUT2D eigenvalue weighted by molar-refractivity contribution is 0.177. The zero-order valence-electron chi connectivity index (χ0n) is 16.4. The minimum absolute atomic E-state index is 0.324. The van der Waals surface area contributed by atoms with E-state index in [1.54, 1.807) is 7.11 Å². The van der Waals surface area contributed by atoms with Crippen molar-refractivity contribution < 1.29 is 4.74 Å². The molecule has 0 aliphatic carbocycles. The fourth-order valence-electron chi connectivity index (χ4n) is 3.04. The Morgan fingerprint density at radius 1 is 1.36 bits per heavy atom. The van der Waals surface area contributed by atoms with E-state index in [4.69, 9.17) is 4.74 Å². The molecule has 0 amide bonds. The molecule has 0 saturated heterocycles. The summed E-state index contributed by atoms with van der Waals surface area (Å²) in [6, 6.07) is 0.324. The van der Waals surface area contributed by atoms with Crippen molar-refractivity contribution in [2.75, 3.05) is 20.7 Å². The summed E-state index contributed by atoms with van der Waals surface area (Å²) in [5.41, 5.74) is 0.416. The van der Waals surface area contributed by atoms with Gasteiger partial charge in [0.25, 0.3) is 0 Å². The van der Waals surface area contributed by atoms with Crippen molar-refractivity contribution >= 4 is 5.96 Å². The van der Waals surface area contributed by atoms with Crippen LogP contribution >= 0.6 is 0 Å². The van der Waals surface area contributed by atoms with E-state index in [0.717, 1.165) is 50.0 Å². The lowest BCUT2D eigenvalue weighted by atomic mass is 9.90. The number of guanidine groups is 1. The number of ether oxygens (including phenoxy) is 1. The van der Waals surface area contributed by atoms with Crippen LogP contribution in [0, 0.1) is 5.41 Å². The molecule has 2 rings (SSSR count). The Labute approximate surface area is 151 Å². The molecule has 0 bridgehead atoms. The molecule has 1 aliphatic rings. The number of rotatable bonds is 7. The molecule has 0 radical (unpaired) electrons. The molecule has 0 aromatic carbocycles. The van der Waals surface area contributed by atoms with E-state index < -0.39 is 0 Å². The maximum absolute atomic E-state index is 5.12. The van der Waals surface area contributed by atoms with Gasteiger partial charge in [0.2, 0.25) is 0 Å². The normalized spacial score (nSPS) is 18.1. The summed E-state index contributed by atoms with van der Waals surface area (Å²) >= 11 is 0. The number of unbranched alkanes of at least 4 members (excludes halogenated alkanes) is 1. The smallest absolute Gasteiger partial charge is 0.191 e. The van der Waals surface area contributed by atoms with Crippen LogP contribution in [-0.2, 0) is 24.3 Å². The van der Waals surface area contributed by atoms with Gasteiger partial charge in [-0.15, -0.1) is 0 Å². The number of fused-ring (bicyclic) bond motifs is 1. The number of nitrogens with zero attached hydrogens (tertiary/aromatic N) is 4. The van der Waals surface area contributed by atoms with Crippen LogP contribution in [0.4, 0.5) is 0 Å². The van der Waals surface area contributed by atoms with Gasteiger partial charge in [0.05, 0.1) is 6.54 Å². The minimum Gasteiger partial charge on any atom is -0.377 e. The molecule has 1 aromatic rings. The molecule has 7 heteroatoms. The molecule has 1 unspecified atom stereocenters. The number of aryl methyl sites for hydroxylation is 1. The number of hydrogen-bond acceptors (Lipinski definition) is 4. The van der Waals surface area contributed by atoms with Crippen LogP contribution in [0.25, 0.3) is 0 Å².